The molecular weight excluding hydrogens is 242 g/mol. The molecule has 1 fully saturated rings. The van der Waals surface area contributed by atoms with Crippen LogP contribution >= 0.6 is 11.3 Å². The van der Waals surface area contributed by atoms with E-state index in [4.69, 9.17) is 0 Å². The smallest absolute Gasteiger partial charge is 0.138 e. The molecule has 1 aromatic rings. The maximum absolute atomic E-state index is 11.9. The number of rotatable bonds is 6. The van der Waals surface area contributed by atoms with E-state index in [9.17, 15) is 4.79 Å². The van der Waals surface area contributed by atoms with Crippen molar-refractivity contribution in [1.82, 2.24) is 5.32 Å². The molecule has 1 saturated heterocycles. The van der Waals surface area contributed by atoms with Gasteiger partial charge < -0.3 is 5.32 Å². The minimum Gasteiger partial charge on any atom is -0.317 e. The maximum Gasteiger partial charge on any atom is 0.138 e. The lowest BCUT2D eigenvalue weighted by Gasteiger charge is -2.21. The van der Waals surface area contributed by atoms with Gasteiger partial charge in [-0.1, -0.05) is 6.92 Å². The molecule has 18 heavy (non-hydrogen) atoms. The van der Waals surface area contributed by atoms with E-state index >= 15 is 0 Å². The van der Waals surface area contributed by atoms with Crippen molar-refractivity contribution >= 4 is 17.1 Å². The van der Waals surface area contributed by atoms with E-state index in [1.807, 2.05) is 0 Å². The van der Waals surface area contributed by atoms with E-state index in [2.05, 4.69) is 24.4 Å². The van der Waals surface area contributed by atoms with Crippen molar-refractivity contribution in [2.75, 3.05) is 13.1 Å². The molecule has 3 heteroatoms. The Morgan fingerprint density at radius 3 is 2.72 bits per heavy atom. The summed E-state index contributed by atoms with van der Waals surface area (Å²) in [5, 5.41) is 3.37. The number of carbonyl (C=O) groups is 1. The number of ketones is 1. The second kappa shape index (κ2) is 7.05. The van der Waals surface area contributed by atoms with Gasteiger partial charge in [0.15, 0.2) is 0 Å². The van der Waals surface area contributed by atoms with Crippen molar-refractivity contribution < 1.29 is 4.79 Å². The van der Waals surface area contributed by atoms with Gasteiger partial charge in [0.1, 0.15) is 5.78 Å². The highest BCUT2D eigenvalue weighted by molar-refractivity contribution is 7.12. The van der Waals surface area contributed by atoms with Gasteiger partial charge >= 0.3 is 0 Å². The minimum absolute atomic E-state index is 0.415. The highest BCUT2D eigenvalue weighted by Crippen LogP contribution is 2.21. The fourth-order valence-corrected chi connectivity index (χ4v) is 3.51. The fraction of sp³-hybridized carbons (Fsp3) is 0.667. The summed E-state index contributed by atoms with van der Waals surface area (Å²) < 4.78 is 0. The number of piperidine rings is 1. The Kier molecular flexibility index (Phi) is 5.39. The van der Waals surface area contributed by atoms with Crippen LogP contribution in [0.1, 0.15) is 42.4 Å². The molecule has 2 nitrogen and oxygen atoms in total. The van der Waals surface area contributed by atoms with Crippen LogP contribution < -0.4 is 5.32 Å². The number of carbonyl (C=O) groups excluding carboxylic acids is 1. The lowest BCUT2D eigenvalue weighted by Crippen LogP contribution is -2.28. The van der Waals surface area contributed by atoms with E-state index in [0.29, 0.717) is 12.2 Å². The molecule has 1 N–H and O–H groups in total. The molecule has 2 heterocycles. The zero-order valence-corrected chi connectivity index (χ0v) is 12.0. The van der Waals surface area contributed by atoms with Gasteiger partial charge in [-0.3, -0.25) is 4.79 Å². The third kappa shape index (κ3) is 4.21. The second-order valence-corrected chi connectivity index (χ2v) is 6.42. The van der Waals surface area contributed by atoms with Crippen molar-refractivity contribution in [1.29, 1.82) is 0 Å². The average molecular weight is 265 g/mol. The Bertz CT molecular complexity index is 380. The molecule has 100 valence electrons. The standard InChI is InChI=1S/C15H23NOS/c1-2-14-5-6-15(18-14)11-13(17)4-3-12-7-9-16-10-8-12/h5-6,12,16H,2-4,7-11H2,1H3. The number of thiophene rings is 1. The molecule has 2 rings (SSSR count). The van der Waals surface area contributed by atoms with Gasteiger partial charge in [-0.25, -0.2) is 0 Å². The van der Waals surface area contributed by atoms with Crippen LogP contribution in [0.5, 0.6) is 0 Å². The third-order valence-electron chi connectivity index (χ3n) is 3.73. The van der Waals surface area contributed by atoms with Crippen LogP contribution in [0.2, 0.25) is 0 Å². The second-order valence-electron chi connectivity index (χ2n) is 5.17. The first-order valence-corrected chi connectivity index (χ1v) is 7.89. The van der Waals surface area contributed by atoms with E-state index in [0.717, 1.165) is 38.3 Å². The summed E-state index contributed by atoms with van der Waals surface area (Å²) in [7, 11) is 0. The summed E-state index contributed by atoms with van der Waals surface area (Å²) in [5.41, 5.74) is 0. The molecule has 0 bridgehead atoms. The highest BCUT2D eigenvalue weighted by Gasteiger charge is 2.15. The number of hydrogen-bond acceptors (Lipinski definition) is 3. The largest absolute Gasteiger partial charge is 0.317 e. The molecule has 0 unspecified atom stereocenters. The van der Waals surface area contributed by atoms with Gasteiger partial charge in [-0.2, -0.15) is 0 Å². The Labute approximate surface area is 114 Å². The number of aryl methyl sites for hydroxylation is 1. The van der Waals surface area contributed by atoms with Crippen LogP contribution in [0.3, 0.4) is 0 Å². The van der Waals surface area contributed by atoms with Gasteiger partial charge in [0, 0.05) is 22.6 Å². The summed E-state index contributed by atoms with van der Waals surface area (Å²) in [4.78, 5) is 14.6. The van der Waals surface area contributed by atoms with Crippen LogP contribution in [0, 0.1) is 5.92 Å². The number of Topliss-reactive ketones (excluding diaryl/α,β-unsaturated/α-hetero) is 1. The summed E-state index contributed by atoms with van der Waals surface area (Å²) in [6, 6.07) is 4.27. The van der Waals surface area contributed by atoms with Crippen molar-refractivity contribution in [3.05, 3.63) is 21.9 Å². The van der Waals surface area contributed by atoms with Crippen molar-refractivity contribution in [3.63, 3.8) is 0 Å². The van der Waals surface area contributed by atoms with E-state index in [1.54, 1.807) is 11.3 Å². The Hall–Kier alpha value is -0.670. The van der Waals surface area contributed by atoms with Crippen LogP contribution in [0.25, 0.3) is 0 Å². The van der Waals surface area contributed by atoms with Crippen LogP contribution in [0.4, 0.5) is 0 Å². The molecular formula is C15H23NOS. The predicted octanol–water partition coefficient (Wildman–Crippen LogP) is 3.20. The van der Waals surface area contributed by atoms with Crippen LogP contribution in [0.15, 0.2) is 12.1 Å². The molecule has 0 aromatic carbocycles. The summed E-state index contributed by atoms with van der Waals surface area (Å²) in [6.45, 7) is 4.42. The minimum atomic E-state index is 0.415. The van der Waals surface area contributed by atoms with Gasteiger partial charge in [0.05, 0.1) is 0 Å². The monoisotopic (exact) mass is 265 g/mol. The quantitative estimate of drug-likeness (QED) is 0.856. The lowest BCUT2D eigenvalue weighted by atomic mass is 9.92. The normalized spacial score (nSPS) is 16.9. The Morgan fingerprint density at radius 1 is 1.33 bits per heavy atom. The van der Waals surface area contributed by atoms with E-state index in [1.165, 1.54) is 22.6 Å². The average Bonchev–Trinajstić information content (AvgIpc) is 2.85. The molecule has 1 aliphatic rings. The first kappa shape index (κ1) is 13.8. The Balaban J connectivity index is 1.71. The van der Waals surface area contributed by atoms with Crippen molar-refractivity contribution in [2.24, 2.45) is 5.92 Å². The van der Waals surface area contributed by atoms with Gasteiger partial charge in [0.2, 0.25) is 0 Å². The van der Waals surface area contributed by atoms with Crippen molar-refractivity contribution in [3.8, 4) is 0 Å². The summed E-state index contributed by atoms with van der Waals surface area (Å²) in [5.74, 6) is 1.18. The molecule has 0 aliphatic carbocycles. The molecule has 0 atom stereocenters. The SMILES string of the molecule is CCc1ccc(CC(=O)CCC2CCNCC2)s1. The number of nitrogens with one attached hydrogen (secondary N) is 1. The van der Waals surface area contributed by atoms with Gasteiger partial charge in [-0.05, 0) is 56.8 Å². The van der Waals surface area contributed by atoms with E-state index < -0.39 is 0 Å². The summed E-state index contributed by atoms with van der Waals surface area (Å²) in [6.07, 6.45) is 6.07. The van der Waals surface area contributed by atoms with Crippen LogP contribution in [-0.4, -0.2) is 18.9 Å². The zero-order chi connectivity index (χ0) is 12.8. The fourth-order valence-electron chi connectivity index (χ4n) is 2.53. The maximum atomic E-state index is 11.9. The predicted molar refractivity (Wildman–Crippen MR) is 77.2 cm³/mol. The molecule has 1 aliphatic heterocycles. The lowest BCUT2D eigenvalue weighted by molar-refractivity contribution is -0.118. The number of hydrogen-bond donors (Lipinski definition) is 1. The molecule has 0 amide bonds. The van der Waals surface area contributed by atoms with Crippen molar-refractivity contribution in [2.45, 2.75) is 45.4 Å². The molecule has 0 spiro atoms. The van der Waals surface area contributed by atoms with Gasteiger partial charge in [-0.15, -0.1) is 11.3 Å². The first-order valence-electron chi connectivity index (χ1n) is 7.08. The summed E-state index contributed by atoms with van der Waals surface area (Å²) >= 11 is 1.79. The Morgan fingerprint density at radius 2 is 2.06 bits per heavy atom. The third-order valence-corrected chi connectivity index (χ3v) is 4.96. The van der Waals surface area contributed by atoms with Gasteiger partial charge in [0.25, 0.3) is 0 Å². The molecule has 0 radical (unpaired) electrons. The van der Waals surface area contributed by atoms with Crippen LogP contribution in [-0.2, 0) is 17.6 Å². The topological polar surface area (TPSA) is 29.1 Å². The molecule has 0 saturated carbocycles. The zero-order valence-electron chi connectivity index (χ0n) is 11.2. The molecule has 1 aromatic heterocycles. The highest BCUT2D eigenvalue weighted by atomic mass is 32.1. The first-order chi connectivity index (χ1) is 8.78. The van der Waals surface area contributed by atoms with E-state index in [-0.39, 0.29) is 0 Å².